The number of fused-ring (bicyclic) bond motifs is 8. The number of benzene rings is 8. The Kier molecular flexibility index (Phi) is 6.46. The summed E-state index contributed by atoms with van der Waals surface area (Å²) < 4.78 is 6.14. The van der Waals surface area contributed by atoms with Gasteiger partial charge < -0.3 is 9.32 Å². The van der Waals surface area contributed by atoms with E-state index in [2.05, 4.69) is 170 Å². The Morgan fingerprint density at radius 1 is 0.434 bits per heavy atom. The lowest BCUT2D eigenvalue weighted by molar-refractivity contribution is 0.660. The first-order chi connectivity index (χ1) is 26.0. The fraction of sp³-hybridized carbons (Fsp3) is 0.0980. The van der Waals surface area contributed by atoms with Gasteiger partial charge in [-0.3, -0.25) is 0 Å². The van der Waals surface area contributed by atoms with Crippen LogP contribution >= 0.6 is 0 Å². The minimum Gasteiger partial charge on any atom is -0.456 e. The second kappa shape index (κ2) is 11.3. The van der Waals surface area contributed by atoms with E-state index in [1.165, 1.54) is 79.2 Å². The number of nitrogens with zero attached hydrogens (tertiary/aromatic N) is 1. The zero-order chi connectivity index (χ0) is 35.3. The Hall–Kier alpha value is -6.38. The van der Waals surface area contributed by atoms with Crippen LogP contribution in [0.1, 0.15) is 36.1 Å². The lowest BCUT2D eigenvalue weighted by Crippen LogP contribution is -2.16. The molecule has 0 aliphatic heterocycles. The summed E-state index contributed by atoms with van der Waals surface area (Å²) in [5.41, 5.74) is 18.4. The average molecular weight is 680 g/mol. The molecule has 0 amide bonds. The maximum Gasteiger partial charge on any atom is 0.135 e. The van der Waals surface area contributed by atoms with Crippen LogP contribution in [0, 0.1) is 0 Å². The third-order valence-corrected chi connectivity index (χ3v) is 11.9. The molecule has 8 aromatic carbocycles. The van der Waals surface area contributed by atoms with E-state index in [0.29, 0.717) is 0 Å². The van der Waals surface area contributed by atoms with Crippen molar-refractivity contribution in [2.75, 3.05) is 4.90 Å². The molecule has 9 aromatic rings. The monoisotopic (exact) mass is 679 g/mol. The van der Waals surface area contributed by atoms with Crippen molar-refractivity contribution >= 4 is 49.8 Å². The molecule has 11 rings (SSSR count). The summed E-state index contributed by atoms with van der Waals surface area (Å²) in [6.07, 6.45) is 2.40. The van der Waals surface area contributed by atoms with Crippen LogP contribution in [0.2, 0.25) is 0 Å². The predicted octanol–water partition coefficient (Wildman–Crippen LogP) is 13.9. The SMILES string of the molecule is CC1(C)c2cc(-c3ccc4oc5ccccc5c4c3)ccc2-c2ccc(N(c3ccc(-c4ccc5c(c4)CC5)cc3)c3ccc4ccccc4c3)cc21. The summed E-state index contributed by atoms with van der Waals surface area (Å²) in [7, 11) is 0. The molecular weight excluding hydrogens is 643 g/mol. The van der Waals surface area contributed by atoms with Gasteiger partial charge in [-0.2, -0.15) is 0 Å². The lowest BCUT2D eigenvalue weighted by Gasteiger charge is -2.28. The molecule has 2 aliphatic rings. The Bertz CT molecular complexity index is 2930. The lowest BCUT2D eigenvalue weighted by atomic mass is 9.81. The van der Waals surface area contributed by atoms with Gasteiger partial charge in [0.1, 0.15) is 11.2 Å². The molecule has 252 valence electrons. The zero-order valence-electron chi connectivity index (χ0n) is 29.9. The zero-order valence-corrected chi connectivity index (χ0v) is 29.9. The maximum absolute atomic E-state index is 6.14. The number of hydrogen-bond acceptors (Lipinski definition) is 2. The Morgan fingerprint density at radius 2 is 1.04 bits per heavy atom. The molecule has 0 atom stereocenters. The van der Waals surface area contributed by atoms with Gasteiger partial charge in [-0.05, 0) is 140 Å². The topological polar surface area (TPSA) is 16.4 Å². The van der Waals surface area contributed by atoms with Crippen molar-refractivity contribution in [1.82, 2.24) is 0 Å². The van der Waals surface area contributed by atoms with Crippen LogP contribution in [0.5, 0.6) is 0 Å². The molecule has 0 bridgehead atoms. The molecule has 0 radical (unpaired) electrons. The second-order valence-corrected chi connectivity index (χ2v) is 15.3. The van der Waals surface area contributed by atoms with E-state index in [-0.39, 0.29) is 5.41 Å². The standard InChI is InChI=1S/C51H37NO/c1-51(2)47-30-39(38-19-26-50-46(29-38)45-9-5-6-10-49(45)53-50)18-24-43(47)44-25-23-42(31-48(44)51)52(41-22-17-32-7-3-4-8-35(32)28-41)40-20-15-34(16-21-40)37-14-12-33-11-13-36(33)27-37/h3-10,12,14-31H,11,13H2,1-2H3. The van der Waals surface area contributed by atoms with E-state index in [1.54, 1.807) is 0 Å². The summed E-state index contributed by atoms with van der Waals surface area (Å²) in [5, 5.41) is 4.79. The van der Waals surface area contributed by atoms with E-state index >= 15 is 0 Å². The Morgan fingerprint density at radius 3 is 1.87 bits per heavy atom. The quantitative estimate of drug-likeness (QED) is 0.180. The molecule has 0 spiro atoms. The third kappa shape index (κ3) is 4.72. The average Bonchev–Trinajstić information content (AvgIpc) is 3.66. The fourth-order valence-corrected chi connectivity index (χ4v) is 8.89. The van der Waals surface area contributed by atoms with Crippen LogP contribution in [0.25, 0.3) is 66.1 Å². The molecule has 0 saturated heterocycles. The van der Waals surface area contributed by atoms with E-state index in [0.717, 1.165) is 39.0 Å². The van der Waals surface area contributed by atoms with Gasteiger partial charge in [0, 0.05) is 33.2 Å². The third-order valence-electron chi connectivity index (χ3n) is 11.9. The van der Waals surface area contributed by atoms with Gasteiger partial charge >= 0.3 is 0 Å². The van der Waals surface area contributed by atoms with Crippen LogP contribution in [0.4, 0.5) is 17.1 Å². The highest BCUT2D eigenvalue weighted by Crippen LogP contribution is 2.52. The smallest absolute Gasteiger partial charge is 0.135 e. The molecule has 1 heterocycles. The molecule has 0 saturated carbocycles. The molecule has 0 N–H and O–H groups in total. The van der Waals surface area contributed by atoms with Crippen LogP contribution in [-0.2, 0) is 18.3 Å². The summed E-state index contributed by atoms with van der Waals surface area (Å²) in [4.78, 5) is 2.42. The number of rotatable bonds is 5. The van der Waals surface area contributed by atoms with Gasteiger partial charge in [-0.25, -0.2) is 0 Å². The van der Waals surface area contributed by atoms with Gasteiger partial charge in [-0.1, -0.05) is 117 Å². The first-order valence-corrected chi connectivity index (χ1v) is 18.7. The van der Waals surface area contributed by atoms with Crippen molar-refractivity contribution in [2.45, 2.75) is 32.1 Å². The number of hydrogen-bond donors (Lipinski definition) is 0. The van der Waals surface area contributed by atoms with Gasteiger partial charge in [-0.15, -0.1) is 0 Å². The highest BCUT2D eigenvalue weighted by Gasteiger charge is 2.36. The van der Waals surface area contributed by atoms with Crippen molar-refractivity contribution in [1.29, 1.82) is 0 Å². The largest absolute Gasteiger partial charge is 0.456 e. The second-order valence-electron chi connectivity index (χ2n) is 15.3. The molecule has 2 aliphatic carbocycles. The minimum atomic E-state index is -0.184. The Balaban J connectivity index is 1.00. The number of furan rings is 1. The van der Waals surface area contributed by atoms with Gasteiger partial charge in [0.05, 0.1) is 0 Å². The molecular formula is C51H37NO. The molecule has 0 unspecified atom stereocenters. The maximum atomic E-state index is 6.14. The van der Waals surface area contributed by atoms with Crippen LogP contribution in [0.15, 0.2) is 168 Å². The number of anilines is 3. The van der Waals surface area contributed by atoms with Gasteiger partial charge in [0.15, 0.2) is 0 Å². The number of para-hydroxylation sites is 1. The molecule has 53 heavy (non-hydrogen) atoms. The summed E-state index contributed by atoms with van der Waals surface area (Å²) in [6.45, 7) is 4.75. The molecule has 2 heteroatoms. The highest BCUT2D eigenvalue weighted by atomic mass is 16.3. The van der Waals surface area contributed by atoms with E-state index in [1.807, 2.05) is 12.1 Å². The van der Waals surface area contributed by atoms with Crippen molar-refractivity contribution in [3.8, 4) is 33.4 Å². The summed E-state index contributed by atoms with van der Waals surface area (Å²) in [6, 6.07) is 60.5. The van der Waals surface area contributed by atoms with Crippen LogP contribution < -0.4 is 4.90 Å². The van der Waals surface area contributed by atoms with Crippen molar-refractivity contribution in [2.24, 2.45) is 0 Å². The fourth-order valence-electron chi connectivity index (χ4n) is 8.89. The molecule has 2 nitrogen and oxygen atoms in total. The summed E-state index contributed by atoms with van der Waals surface area (Å²) >= 11 is 0. The summed E-state index contributed by atoms with van der Waals surface area (Å²) in [5.74, 6) is 0. The predicted molar refractivity (Wildman–Crippen MR) is 222 cm³/mol. The van der Waals surface area contributed by atoms with Crippen molar-refractivity contribution < 1.29 is 4.42 Å². The van der Waals surface area contributed by atoms with Gasteiger partial charge in [0.2, 0.25) is 0 Å². The minimum absolute atomic E-state index is 0.184. The van der Waals surface area contributed by atoms with Crippen molar-refractivity contribution in [3.05, 3.63) is 186 Å². The van der Waals surface area contributed by atoms with Crippen LogP contribution in [0.3, 0.4) is 0 Å². The first kappa shape index (κ1) is 30.3. The first-order valence-electron chi connectivity index (χ1n) is 18.7. The van der Waals surface area contributed by atoms with E-state index in [4.69, 9.17) is 4.42 Å². The van der Waals surface area contributed by atoms with Crippen LogP contribution in [-0.4, -0.2) is 0 Å². The van der Waals surface area contributed by atoms with E-state index < -0.39 is 0 Å². The Labute approximate surface area is 309 Å². The molecule has 0 fully saturated rings. The van der Waals surface area contributed by atoms with Gasteiger partial charge in [0.25, 0.3) is 0 Å². The highest BCUT2D eigenvalue weighted by molar-refractivity contribution is 6.06. The molecule has 1 aromatic heterocycles. The normalized spacial score (nSPS) is 13.8. The number of aryl methyl sites for hydroxylation is 2. The van der Waals surface area contributed by atoms with E-state index in [9.17, 15) is 0 Å². The van der Waals surface area contributed by atoms with Crippen molar-refractivity contribution in [3.63, 3.8) is 0 Å².